The Morgan fingerprint density at radius 2 is 1.70 bits per heavy atom. The Morgan fingerprint density at radius 3 is 2.42 bits per heavy atom. The van der Waals surface area contributed by atoms with Crippen molar-refractivity contribution in [2.45, 2.75) is 30.3 Å². The normalized spacial score (nSPS) is 25.0. The van der Waals surface area contributed by atoms with Crippen molar-refractivity contribution >= 4 is 17.5 Å². The third kappa shape index (κ3) is 4.02. The number of hydrogen-bond donors (Lipinski definition) is 0. The van der Waals surface area contributed by atoms with Gasteiger partial charge in [0.15, 0.2) is 0 Å². The third-order valence-corrected chi connectivity index (χ3v) is 7.12. The van der Waals surface area contributed by atoms with Gasteiger partial charge >= 0.3 is 0 Å². The predicted molar refractivity (Wildman–Crippen MR) is 117 cm³/mol. The minimum Gasteiger partial charge on any atom is -0.381 e. The van der Waals surface area contributed by atoms with Crippen LogP contribution < -0.4 is 4.90 Å². The first-order valence-corrected chi connectivity index (χ1v) is 11.2. The molecule has 0 aromatic heterocycles. The number of nitrogens with zero attached hydrogens (tertiary/aromatic N) is 2. The Hall–Kier alpha value is -2.84. The molecule has 3 aliphatic heterocycles. The second-order valence-electron chi connectivity index (χ2n) is 9.11. The van der Waals surface area contributed by atoms with Gasteiger partial charge in [-0.2, -0.15) is 0 Å². The van der Waals surface area contributed by atoms with Crippen LogP contribution >= 0.6 is 0 Å². The minimum absolute atomic E-state index is 0.0536. The van der Waals surface area contributed by atoms with E-state index in [4.69, 9.17) is 9.47 Å². The molecule has 2 aromatic carbocycles. The van der Waals surface area contributed by atoms with Gasteiger partial charge in [0.25, 0.3) is 5.91 Å². The third-order valence-electron chi connectivity index (χ3n) is 7.12. The molecule has 2 aromatic rings. The number of likely N-dealkylation sites (tertiary alicyclic amines) is 1. The average molecular weight is 456 g/mol. The van der Waals surface area contributed by atoms with E-state index in [0.29, 0.717) is 56.8 Å². The number of halogens is 2. The van der Waals surface area contributed by atoms with Crippen LogP contribution in [0.2, 0.25) is 0 Å². The van der Waals surface area contributed by atoms with Crippen LogP contribution in [0.4, 0.5) is 14.5 Å². The molecule has 8 heteroatoms. The maximum absolute atomic E-state index is 14.0. The van der Waals surface area contributed by atoms with Crippen molar-refractivity contribution in [1.29, 1.82) is 0 Å². The lowest BCUT2D eigenvalue weighted by atomic mass is 9.73. The van der Waals surface area contributed by atoms with Crippen molar-refractivity contribution in [2.75, 3.05) is 44.4 Å². The molecule has 0 N–H and O–H groups in total. The average Bonchev–Trinajstić information content (AvgIpc) is 3.25. The molecule has 2 amide bonds. The summed E-state index contributed by atoms with van der Waals surface area (Å²) in [5.41, 5.74) is -0.252. The molecule has 174 valence electrons. The lowest BCUT2D eigenvalue weighted by molar-refractivity contribution is -0.144. The zero-order chi connectivity index (χ0) is 23.1. The Morgan fingerprint density at radius 1 is 0.939 bits per heavy atom. The number of rotatable bonds is 3. The van der Waals surface area contributed by atoms with E-state index in [0.717, 1.165) is 0 Å². The van der Waals surface area contributed by atoms with E-state index < -0.39 is 11.0 Å². The molecule has 3 aliphatic rings. The first kappa shape index (κ1) is 22.0. The van der Waals surface area contributed by atoms with Crippen LogP contribution in [0, 0.1) is 11.6 Å². The fourth-order valence-electron chi connectivity index (χ4n) is 5.27. The molecule has 3 heterocycles. The number of ether oxygens (including phenoxy) is 2. The maximum atomic E-state index is 14.0. The Kier molecular flexibility index (Phi) is 5.66. The zero-order valence-corrected chi connectivity index (χ0v) is 18.3. The summed E-state index contributed by atoms with van der Waals surface area (Å²) in [6.45, 7) is 1.89. The second kappa shape index (κ2) is 8.50. The van der Waals surface area contributed by atoms with Crippen LogP contribution in [0.1, 0.15) is 24.8 Å². The van der Waals surface area contributed by atoms with Gasteiger partial charge in [-0.3, -0.25) is 9.59 Å². The van der Waals surface area contributed by atoms with E-state index in [1.165, 1.54) is 24.3 Å². The summed E-state index contributed by atoms with van der Waals surface area (Å²) in [6.07, 6.45) is 1.55. The lowest BCUT2D eigenvalue weighted by Gasteiger charge is -2.42. The lowest BCUT2D eigenvalue weighted by Crippen LogP contribution is -2.57. The van der Waals surface area contributed by atoms with Gasteiger partial charge in [-0.05, 0) is 61.2 Å². The maximum Gasteiger partial charge on any atom is 0.253 e. The van der Waals surface area contributed by atoms with Crippen LogP contribution in [0.5, 0.6) is 0 Å². The molecule has 0 saturated carbocycles. The summed E-state index contributed by atoms with van der Waals surface area (Å²) in [5.74, 6) is -0.987. The SMILES string of the molecule is O=C1CO[C@@]2(CCN(C(=O)C3(c4cccc(F)c4)CCOCC3)C2)CN1c1ccc(F)cc1. The van der Waals surface area contributed by atoms with Crippen molar-refractivity contribution < 1.29 is 27.8 Å². The van der Waals surface area contributed by atoms with E-state index >= 15 is 0 Å². The topological polar surface area (TPSA) is 59.1 Å². The minimum atomic E-state index is -0.840. The Bertz CT molecular complexity index is 1050. The molecular weight excluding hydrogens is 430 g/mol. The van der Waals surface area contributed by atoms with E-state index in [1.807, 2.05) is 6.07 Å². The van der Waals surface area contributed by atoms with Gasteiger partial charge in [-0.15, -0.1) is 0 Å². The van der Waals surface area contributed by atoms with E-state index in [-0.39, 0.29) is 36.6 Å². The zero-order valence-electron chi connectivity index (χ0n) is 18.3. The number of carbonyl (C=O) groups excluding carboxylic acids is 2. The summed E-state index contributed by atoms with van der Waals surface area (Å²) in [5, 5.41) is 0. The smallest absolute Gasteiger partial charge is 0.253 e. The number of anilines is 1. The fraction of sp³-hybridized carbons (Fsp3) is 0.440. The van der Waals surface area contributed by atoms with Crippen LogP contribution in [-0.2, 0) is 24.5 Å². The first-order chi connectivity index (χ1) is 15.9. The van der Waals surface area contributed by atoms with Gasteiger partial charge in [0.05, 0.1) is 18.5 Å². The molecule has 0 unspecified atom stereocenters. The summed E-state index contributed by atoms with van der Waals surface area (Å²) < 4.78 is 38.9. The van der Waals surface area contributed by atoms with Gasteiger partial charge in [-0.25, -0.2) is 8.78 Å². The van der Waals surface area contributed by atoms with Gasteiger partial charge in [0, 0.05) is 25.4 Å². The van der Waals surface area contributed by atoms with E-state index in [2.05, 4.69) is 0 Å². The highest BCUT2D eigenvalue weighted by atomic mass is 19.1. The number of benzene rings is 2. The highest BCUT2D eigenvalue weighted by molar-refractivity contribution is 5.95. The number of hydrogen-bond acceptors (Lipinski definition) is 4. The molecule has 0 bridgehead atoms. The van der Waals surface area contributed by atoms with Gasteiger partial charge < -0.3 is 19.3 Å². The van der Waals surface area contributed by atoms with Crippen LogP contribution in [-0.4, -0.2) is 61.8 Å². The monoisotopic (exact) mass is 456 g/mol. The highest BCUT2D eigenvalue weighted by Gasteiger charge is 2.51. The second-order valence-corrected chi connectivity index (χ2v) is 9.11. The van der Waals surface area contributed by atoms with Crippen molar-refractivity contribution in [3.63, 3.8) is 0 Å². The fourth-order valence-corrected chi connectivity index (χ4v) is 5.27. The molecule has 33 heavy (non-hydrogen) atoms. The van der Waals surface area contributed by atoms with E-state index in [9.17, 15) is 18.4 Å². The standard InChI is InChI=1S/C25H26F2N2O4/c26-19-4-6-21(7-5-19)29-17-24(33-15-22(29)30)8-11-28(16-24)23(31)25(9-12-32-13-10-25)18-2-1-3-20(27)14-18/h1-7,14H,8-13,15-17H2/t24-/m1/s1. The highest BCUT2D eigenvalue weighted by Crippen LogP contribution is 2.40. The van der Waals surface area contributed by atoms with Crippen LogP contribution in [0.15, 0.2) is 48.5 Å². The molecular formula is C25H26F2N2O4. The summed E-state index contributed by atoms with van der Waals surface area (Å²) in [6, 6.07) is 12.1. The van der Waals surface area contributed by atoms with Crippen molar-refractivity contribution in [3.05, 3.63) is 65.7 Å². The Labute approximate surface area is 191 Å². The van der Waals surface area contributed by atoms with Gasteiger partial charge in [0.1, 0.15) is 23.8 Å². The first-order valence-electron chi connectivity index (χ1n) is 11.2. The van der Waals surface area contributed by atoms with Crippen molar-refractivity contribution in [1.82, 2.24) is 4.90 Å². The van der Waals surface area contributed by atoms with E-state index in [1.54, 1.807) is 28.0 Å². The number of morpholine rings is 1. The summed E-state index contributed by atoms with van der Waals surface area (Å²) in [4.78, 5) is 29.8. The Balaban J connectivity index is 1.38. The molecule has 0 radical (unpaired) electrons. The quantitative estimate of drug-likeness (QED) is 0.713. The number of carbonyl (C=O) groups is 2. The molecule has 3 fully saturated rings. The molecule has 1 atom stereocenters. The largest absolute Gasteiger partial charge is 0.381 e. The molecule has 0 aliphatic carbocycles. The van der Waals surface area contributed by atoms with Crippen LogP contribution in [0.3, 0.4) is 0 Å². The van der Waals surface area contributed by atoms with Gasteiger partial charge in [0.2, 0.25) is 5.91 Å². The molecule has 3 saturated heterocycles. The molecule has 5 rings (SSSR count). The summed E-state index contributed by atoms with van der Waals surface area (Å²) >= 11 is 0. The number of amides is 2. The van der Waals surface area contributed by atoms with Crippen LogP contribution in [0.25, 0.3) is 0 Å². The van der Waals surface area contributed by atoms with Crippen molar-refractivity contribution in [2.24, 2.45) is 0 Å². The molecule has 6 nitrogen and oxygen atoms in total. The predicted octanol–water partition coefficient (Wildman–Crippen LogP) is 3.05. The van der Waals surface area contributed by atoms with Crippen molar-refractivity contribution in [3.8, 4) is 0 Å². The van der Waals surface area contributed by atoms with Gasteiger partial charge in [-0.1, -0.05) is 12.1 Å². The molecule has 1 spiro atoms. The summed E-state index contributed by atoms with van der Waals surface area (Å²) in [7, 11) is 0.